The van der Waals surface area contributed by atoms with Gasteiger partial charge in [-0.25, -0.2) is 9.97 Å². The number of carbonyl (C=O) groups is 2. The van der Waals surface area contributed by atoms with Crippen LogP contribution < -0.4 is 0 Å². The molecular weight excluding hydrogens is 400 g/mol. The van der Waals surface area contributed by atoms with Gasteiger partial charge in [-0.1, -0.05) is 12.2 Å². The lowest BCUT2D eigenvalue weighted by molar-refractivity contribution is -0.138. The second-order valence-corrected chi connectivity index (χ2v) is 8.39. The fraction of sp³-hybridized carbons (Fsp3) is 0.0769. The van der Waals surface area contributed by atoms with Crippen molar-refractivity contribution in [1.82, 2.24) is 19.9 Å². The summed E-state index contributed by atoms with van der Waals surface area (Å²) < 4.78 is 0. The molecule has 2 aliphatic heterocycles. The highest BCUT2D eigenvalue weighted by atomic mass is 16.2. The number of allylic oxidation sites excluding steroid dienone is 4. The number of nitrogens with one attached hydrogen (secondary N) is 2. The molecule has 3 aromatic rings. The molecule has 0 saturated heterocycles. The summed E-state index contributed by atoms with van der Waals surface area (Å²) >= 11 is 0. The molecule has 0 saturated carbocycles. The lowest BCUT2D eigenvalue weighted by Gasteiger charge is -2.30. The summed E-state index contributed by atoms with van der Waals surface area (Å²) in [5.74, 6) is -1.85. The molecule has 6 heteroatoms. The number of H-pyrrole nitrogens is 2. The summed E-state index contributed by atoms with van der Waals surface area (Å²) in [6, 6.07) is 15.9. The van der Waals surface area contributed by atoms with Crippen LogP contribution in [0.3, 0.4) is 0 Å². The first-order valence-corrected chi connectivity index (χ1v) is 10.5. The number of Topliss-reactive ketones (excluding diaryl/α,β-unsaturated/α-hetero) is 2. The van der Waals surface area contributed by atoms with E-state index in [0.29, 0.717) is 11.4 Å². The minimum Gasteiger partial charge on any atom is -0.355 e. The molecule has 32 heavy (non-hydrogen) atoms. The van der Waals surface area contributed by atoms with Crippen molar-refractivity contribution < 1.29 is 9.59 Å². The molecule has 0 fully saturated rings. The first-order chi connectivity index (χ1) is 15.6. The Labute approximate surface area is 182 Å². The molecule has 6 nitrogen and oxygen atoms in total. The van der Waals surface area contributed by atoms with Crippen molar-refractivity contribution in [2.45, 2.75) is 0 Å². The highest BCUT2D eigenvalue weighted by Gasteiger charge is 2.47. The van der Waals surface area contributed by atoms with Crippen LogP contribution in [0, 0.1) is 11.8 Å². The van der Waals surface area contributed by atoms with Crippen LogP contribution in [0.25, 0.3) is 45.4 Å². The summed E-state index contributed by atoms with van der Waals surface area (Å²) in [5.41, 5.74) is 8.45. The fourth-order valence-electron chi connectivity index (χ4n) is 4.92. The van der Waals surface area contributed by atoms with E-state index in [1.54, 1.807) is 0 Å². The van der Waals surface area contributed by atoms with E-state index in [-0.39, 0.29) is 11.6 Å². The van der Waals surface area contributed by atoms with Crippen LogP contribution in [0.2, 0.25) is 0 Å². The molecule has 5 aliphatic rings. The first kappa shape index (κ1) is 17.4. The van der Waals surface area contributed by atoms with Gasteiger partial charge in [0.15, 0.2) is 0 Å². The van der Waals surface area contributed by atoms with Crippen molar-refractivity contribution >= 4 is 56.9 Å². The third-order valence-corrected chi connectivity index (χ3v) is 6.35. The molecule has 0 radical (unpaired) electrons. The predicted molar refractivity (Wildman–Crippen MR) is 123 cm³/mol. The summed E-state index contributed by atoms with van der Waals surface area (Å²) in [6.45, 7) is 0. The lowest BCUT2D eigenvalue weighted by atomic mass is 9.69. The van der Waals surface area contributed by atoms with E-state index in [0.717, 1.165) is 44.6 Å². The van der Waals surface area contributed by atoms with Crippen LogP contribution in [-0.4, -0.2) is 31.5 Å². The number of aromatic nitrogens is 4. The molecule has 3 aromatic heterocycles. The largest absolute Gasteiger partial charge is 0.355 e. The van der Waals surface area contributed by atoms with Gasteiger partial charge in [-0.15, -0.1) is 0 Å². The zero-order valence-electron chi connectivity index (χ0n) is 16.8. The predicted octanol–water partition coefficient (Wildman–Crippen LogP) is 4.35. The van der Waals surface area contributed by atoms with Gasteiger partial charge in [-0.3, -0.25) is 9.59 Å². The summed E-state index contributed by atoms with van der Waals surface area (Å²) in [6.07, 6.45) is 7.57. The van der Waals surface area contributed by atoms with Gasteiger partial charge in [-0.2, -0.15) is 0 Å². The van der Waals surface area contributed by atoms with Gasteiger partial charge in [0.2, 0.25) is 11.6 Å². The van der Waals surface area contributed by atoms with E-state index in [4.69, 9.17) is 9.97 Å². The number of hydrogen-bond acceptors (Lipinski definition) is 4. The van der Waals surface area contributed by atoms with Crippen molar-refractivity contribution in [2.75, 3.05) is 0 Å². The van der Waals surface area contributed by atoms with Gasteiger partial charge in [-0.05, 0) is 71.8 Å². The van der Waals surface area contributed by atoms with Crippen molar-refractivity contribution in [3.05, 3.63) is 83.5 Å². The Balaban J connectivity index is 1.57. The molecule has 3 aliphatic carbocycles. The van der Waals surface area contributed by atoms with Crippen LogP contribution >= 0.6 is 0 Å². The Morgan fingerprint density at radius 1 is 0.594 bits per heavy atom. The highest BCUT2D eigenvalue weighted by molar-refractivity contribution is 6.47. The van der Waals surface area contributed by atoms with Crippen molar-refractivity contribution in [3.8, 4) is 0 Å². The molecule has 5 heterocycles. The number of rotatable bonds is 0. The van der Waals surface area contributed by atoms with Gasteiger partial charge in [0.25, 0.3) is 0 Å². The number of ketones is 2. The number of hydrogen-bond donors (Lipinski definition) is 2. The summed E-state index contributed by atoms with van der Waals surface area (Å²) in [5, 5.41) is 0. The second kappa shape index (κ2) is 6.11. The van der Waals surface area contributed by atoms with Gasteiger partial charge in [0, 0.05) is 22.1 Å². The van der Waals surface area contributed by atoms with Crippen LogP contribution in [0.4, 0.5) is 0 Å². The lowest BCUT2D eigenvalue weighted by Crippen LogP contribution is -2.37. The van der Waals surface area contributed by atoms with Crippen LogP contribution in [-0.2, 0) is 9.59 Å². The number of carbonyl (C=O) groups excluding carboxylic acids is 2. The second-order valence-electron chi connectivity index (χ2n) is 8.39. The molecule has 1 unspecified atom stereocenters. The molecular formula is C26H16N4O2. The Morgan fingerprint density at radius 2 is 1.09 bits per heavy atom. The average Bonchev–Trinajstić information content (AvgIpc) is 3.56. The molecule has 2 N–H and O–H groups in total. The normalized spacial score (nSPS) is 20.9. The maximum Gasteiger partial charge on any atom is 0.210 e. The number of aromatic amines is 2. The minimum atomic E-state index is -0.573. The van der Waals surface area contributed by atoms with Crippen LogP contribution in [0.5, 0.6) is 0 Å². The molecule has 152 valence electrons. The Morgan fingerprint density at radius 3 is 1.72 bits per heavy atom. The minimum absolute atomic E-state index is 0.351. The van der Waals surface area contributed by atoms with E-state index < -0.39 is 11.8 Å². The zero-order valence-corrected chi connectivity index (χ0v) is 16.8. The van der Waals surface area contributed by atoms with Crippen LogP contribution in [0.1, 0.15) is 22.8 Å². The standard InChI is InChI=1S/C26H16N4O2/c31-25-19-7-8-20(26(25)32)24-22-12-18-6-4-16(29-18)10-14-2-1-13(27-14)9-15-3-5-17(28-15)11-21(30-22)23(19)24/h1-12,19-20,27-28H/t19-,20?/m0/s1. The maximum atomic E-state index is 12.6. The maximum absolute atomic E-state index is 12.6. The third-order valence-electron chi connectivity index (χ3n) is 6.35. The molecule has 0 aromatic carbocycles. The van der Waals surface area contributed by atoms with E-state index in [1.165, 1.54) is 0 Å². The molecule has 2 atom stereocenters. The number of nitrogens with zero attached hydrogens (tertiary/aromatic N) is 2. The topological polar surface area (TPSA) is 91.5 Å². The van der Waals surface area contributed by atoms with Crippen molar-refractivity contribution in [2.24, 2.45) is 11.8 Å². The zero-order chi connectivity index (χ0) is 21.4. The Kier molecular flexibility index (Phi) is 3.31. The SMILES string of the molecule is O=C1C(=O)[C@H]2C=CC1C1=C2c2cc3ccc(cc4ccc(cc5nc(cc1n2)C=C5)[nH]4)[nH]3. The van der Waals surface area contributed by atoms with E-state index in [1.807, 2.05) is 72.8 Å². The highest BCUT2D eigenvalue weighted by Crippen LogP contribution is 2.48. The first-order valence-electron chi connectivity index (χ1n) is 10.5. The van der Waals surface area contributed by atoms with Crippen LogP contribution in [0.15, 0.2) is 60.7 Å². The fourth-order valence-corrected chi connectivity index (χ4v) is 4.92. The number of fused-ring (bicyclic) bond motifs is 9. The summed E-state index contributed by atoms with van der Waals surface area (Å²) in [7, 11) is 0. The van der Waals surface area contributed by atoms with Gasteiger partial charge in [0.05, 0.1) is 34.6 Å². The average molecular weight is 416 g/mol. The van der Waals surface area contributed by atoms with E-state index >= 15 is 0 Å². The summed E-state index contributed by atoms with van der Waals surface area (Å²) in [4.78, 5) is 41.6. The van der Waals surface area contributed by atoms with Gasteiger partial charge < -0.3 is 9.97 Å². The van der Waals surface area contributed by atoms with Crippen molar-refractivity contribution in [3.63, 3.8) is 0 Å². The van der Waals surface area contributed by atoms with Gasteiger partial charge in [0.1, 0.15) is 0 Å². The van der Waals surface area contributed by atoms with Crippen molar-refractivity contribution in [1.29, 1.82) is 0 Å². The third kappa shape index (κ3) is 2.46. The molecule has 0 amide bonds. The quantitative estimate of drug-likeness (QED) is 0.329. The monoisotopic (exact) mass is 416 g/mol. The molecule has 8 rings (SSSR count). The molecule has 0 spiro atoms. The molecule has 10 bridgehead atoms. The van der Waals surface area contributed by atoms with E-state index in [9.17, 15) is 9.59 Å². The Hall–Kier alpha value is -4.32. The smallest absolute Gasteiger partial charge is 0.210 e. The Bertz CT molecular complexity index is 1630. The van der Waals surface area contributed by atoms with Gasteiger partial charge >= 0.3 is 0 Å². The van der Waals surface area contributed by atoms with E-state index in [2.05, 4.69) is 9.97 Å².